The molecule has 1 saturated carbocycles. The summed E-state index contributed by atoms with van der Waals surface area (Å²) < 4.78 is 2.69. The third kappa shape index (κ3) is 3.05. The highest BCUT2D eigenvalue weighted by Crippen LogP contribution is 2.39. The maximum absolute atomic E-state index is 4.39. The van der Waals surface area contributed by atoms with Crippen molar-refractivity contribution in [3.05, 3.63) is 18.2 Å². The van der Waals surface area contributed by atoms with E-state index in [9.17, 15) is 0 Å². The second kappa shape index (κ2) is 5.91. The molecule has 0 amide bonds. The van der Waals surface area contributed by atoms with Crippen LogP contribution in [0.5, 0.6) is 0 Å². The molecule has 4 heteroatoms. The molecule has 1 aromatic rings. The average molecular weight is 253 g/mol. The lowest BCUT2D eigenvalue weighted by Crippen LogP contribution is -2.35. The number of imidazole rings is 1. The smallest absolute Gasteiger partial charge is 0.122 e. The largest absolute Gasteiger partial charge is 0.334 e. The van der Waals surface area contributed by atoms with Crippen LogP contribution in [0.3, 0.4) is 0 Å². The highest BCUT2D eigenvalue weighted by Gasteiger charge is 2.32. The molecule has 17 heavy (non-hydrogen) atoms. The molecule has 0 spiro atoms. The Morgan fingerprint density at radius 3 is 2.88 bits per heavy atom. The van der Waals surface area contributed by atoms with E-state index in [-0.39, 0.29) is 0 Å². The van der Waals surface area contributed by atoms with E-state index in [4.69, 9.17) is 0 Å². The Balaban J connectivity index is 1.82. The van der Waals surface area contributed by atoms with Gasteiger partial charge in [-0.1, -0.05) is 12.8 Å². The first-order valence-corrected chi connectivity index (χ1v) is 7.78. The van der Waals surface area contributed by atoms with Crippen LogP contribution in [0.15, 0.2) is 12.4 Å². The molecule has 0 radical (unpaired) electrons. The van der Waals surface area contributed by atoms with Crippen molar-refractivity contribution in [2.75, 3.05) is 12.8 Å². The minimum Gasteiger partial charge on any atom is -0.334 e. The van der Waals surface area contributed by atoms with Gasteiger partial charge >= 0.3 is 0 Å². The van der Waals surface area contributed by atoms with Crippen LogP contribution in [-0.2, 0) is 13.1 Å². The molecule has 2 rings (SSSR count). The third-order valence-electron chi connectivity index (χ3n) is 3.82. The first kappa shape index (κ1) is 13.0. The molecular weight excluding hydrogens is 230 g/mol. The molecule has 0 aromatic carbocycles. The van der Waals surface area contributed by atoms with Crippen LogP contribution in [-0.4, -0.2) is 27.1 Å². The molecule has 1 aliphatic carbocycles. The summed E-state index contributed by atoms with van der Waals surface area (Å²) in [6.45, 7) is 5.17. The molecule has 0 aliphatic heterocycles. The highest BCUT2D eigenvalue weighted by atomic mass is 32.2. The second-order valence-corrected chi connectivity index (χ2v) is 6.10. The van der Waals surface area contributed by atoms with Crippen LogP contribution in [0.2, 0.25) is 0 Å². The van der Waals surface area contributed by atoms with Gasteiger partial charge in [-0.25, -0.2) is 4.98 Å². The molecule has 3 nitrogen and oxygen atoms in total. The number of hydrogen-bond acceptors (Lipinski definition) is 3. The Hall–Kier alpha value is -0.480. The van der Waals surface area contributed by atoms with E-state index in [1.54, 1.807) is 0 Å². The topological polar surface area (TPSA) is 29.9 Å². The predicted molar refractivity (Wildman–Crippen MR) is 74.3 cm³/mol. The van der Waals surface area contributed by atoms with Gasteiger partial charge in [-0.2, -0.15) is 11.8 Å². The summed E-state index contributed by atoms with van der Waals surface area (Å²) in [5, 5.41) is 3.59. The molecule has 1 N–H and O–H groups in total. The summed E-state index contributed by atoms with van der Waals surface area (Å²) >= 11 is 2.04. The van der Waals surface area contributed by atoms with E-state index in [0.717, 1.165) is 25.5 Å². The minimum absolute atomic E-state index is 0.490. The lowest BCUT2D eigenvalue weighted by molar-refractivity contribution is 0.517. The summed E-state index contributed by atoms with van der Waals surface area (Å²) in [5.41, 5.74) is 0. The summed E-state index contributed by atoms with van der Waals surface area (Å²) in [7, 11) is 0. The first-order chi connectivity index (χ1) is 8.29. The molecule has 1 fully saturated rings. The number of aromatic nitrogens is 2. The number of aryl methyl sites for hydroxylation is 1. The Labute approximate surface area is 108 Å². The molecule has 0 atom stereocenters. The Morgan fingerprint density at radius 2 is 2.24 bits per heavy atom. The van der Waals surface area contributed by atoms with Gasteiger partial charge in [0.2, 0.25) is 0 Å². The first-order valence-electron chi connectivity index (χ1n) is 6.55. The van der Waals surface area contributed by atoms with Crippen LogP contribution in [0.1, 0.15) is 38.4 Å². The van der Waals surface area contributed by atoms with Crippen molar-refractivity contribution < 1.29 is 0 Å². The summed E-state index contributed by atoms with van der Waals surface area (Å²) in [6, 6.07) is 0. The van der Waals surface area contributed by atoms with Gasteiger partial charge in [0.15, 0.2) is 0 Å². The van der Waals surface area contributed by atoms with Crippen LogP contribution in [0.25, 0.3) is 0 Å². The van der Waals surface area contributed by atoms with Crippen molar-refractivity contribution in [3.63, 3.8) is 0 Å². The van der Waals surface area contributed by atoms with Gasteiger partial charge < -0.3 is 9.88 Å². The molecule has 96 valence electrons. The van der Waals surface area contributed by atoms with E-state index in [0.29, 0.717) is 4.75 Å². The SMILES string of the molecule is CCn1ccnc1CNCC1(SC)CCCC1. The Bertz CT molecular complexity index is 342. The van der Waals surface area contributed by atoms with Crippen molar-refractivity contribution in [1.82, 2.24) is 14.9 Å². The van der Waals surface area contributed by atoms with Crippen LogP contribution in [0.4, 0.5) is 0 Å². The standard InChI is InChI=1S/C13H23N3S/c1-3-16-9-8-15-12(16)10-14-11-13(17-2)6-4-5-7-13/h8-9,14H,3-7,10-11H2,1-2H3. The molecule has 1 heterocycles. The van der Waals surface area contributed by atoms with Crippen LogP contribution >= 0.6 is 11.8 Å². The zero-order valence-corrected chi connectivity index (χ0v) is 11.7. The fraction of sp³-hybridized carbons (Fsp3) is 0.769. The minimum atomic E-state index is 0.490. The van der Waals surface area contributed by atoms with Crippen molar-refractivity contribution in [2.24, 2.45) is 0 Å². The van der Waals surface area contributed by atoms with Crippen molar-refractivity contribution in [2.45, 2.75) is 50.4 Å². The molecule has 0 unspecified atom stereocenters. The van der Waals surface area contributed by atoms with Gasteiger partial charge in [0.1, 0.15) is 5.82 Å². The summed E-state index contributed by atoms with van der Waals surface area (Å²) in [4.78, 5) is 4.39. The van der Waals surface area contributed by atoms with Crippen LogP contribution < -0.4 is 5.32 Å². The fourth-order valence-electron chi connectivity index (χ4n) is 2.67. The maximum atomic E-state index is 4.39. The quantitative estimate of drug-likeness (QED) is 0.845. The van der Waals surface area contributed by atoms with Crippen molar-refractivity contribution in [1.29, 1.82) is 0 Å². The Morgan fingerprint density at radius 1 is 1.47 bits per heavy atom. The normalized spacial score (nSPS) is 18.7. The van der Waals surface area contributed by atoms with Gasteiger partial charge in [0.05, 0.1) is 6.54 Å². The number of hydrogen-bond donors (Lipinski definition) is 1. The molecular formula is C13H23N3S. The van der Waals surface area contributed by atoms with Crippen LogP contribution in [0, 0.1) is 0 Å². The zero-order valence-electron chi connectivity index (χ0n) is 10.9. The van der Waals surface area contributed by atoms with Crippen molar-refractivity contribution in [3.8, 4) is 0 Å². The average Bonchev–Trinajstić information content (AvgIpc) is 2.98. The van der Waals surface area contributed by atoms with E-state index in [2.05, 4.69) is 34.2 Å². The van der Waals surface area contributed by atoms with E-state index < -0.39 is 0 Å². The Kier molecular flexibility index (Phi) is 4.51. The van der Waals surface area contributed by atoms with E-state index >= 15 is 0 Å². The van der Waals surface area contributed by atoms with Crippen molar-refractivity contribution >= 4 is 11.8 Å². The van der Waals surface area contributed by atoms with Gasteiger partial charge in [-0.3, -0.25) is 0 Å². The molecule has 1 aromatic heterocycles. The predicted octanol–water partition coefficient (Wildman–Crippen LogP) is 2.67. The lowest BCUT2D eigenvalue weighted by atomic mass is 10.1. The molecule has 0 saturated heterocycles. The van der Waals surface area contributed by atoms with E-state index in [1.165, 1.54) is 25.7 Å². The number of thioether (sulfide) groups is 1. The second-order valence-electron chi connectivity index (χ2n) is 4.83. The number of nitrogens with one attached hydrogen (secondary N) is 1. The maximum Gasteiger partial charge on any atom is 0.122 e. The fourth-order valence-corrected chi connectivity index (χ4v) is 3.61. The molecule has 0 bridgehead atoms. The van der Waals surface area contributed by atoms with Gasteiger partial charge in [0.25, 0.3) is 0 Å². The monoisotopic (exact) mass is 253 g/mol. The van der Waals surface area contributed by atoms with Gasteiger partial charge in [-0.15, -0.1) is 0 Å². The highest BCUT2D eigenvalue weighted by molar-refractivity contribution is 8.00. The van der Waals surface area contributed by atoms with Gasteiger partial charge in [-0.05, 0) is 26.0 Å². The molecule has 1 aliphatic rings. The number of rotatable bonds is 6. The lowest BCUT2D eigenvalue weighted by Gasteiger charge is -2.27. The summed E-state index contributed by atoms with van der Waals surface area (Å²) in [5.74, 6) is 1.15. The third-order valence-corrected chi connectivity index (χ3v) is 5.24. The summed E-state index contributed by atoms with van der Waals surface area (Å²) in [6.07, 6.45) is 11.7. The van der Waals surface area contributed by atoms with E-state index in [1.807, 2.05) is 18.0 Å². The number of nitrogens with zero attached hydrogens (tertiary/aromatic N) is 2. The zero-order chi connectivity index (χ0) is 12.1. The van der Waals surface area contributed by atoms with Gasteiger partial charge in [0, 0.05) is 30.2 Å².